The summed E-state index contributed by atoms with van der Waals surface area (Å²) in [5.74, 6) is -0.355. The van der Waals surface area contributed by atoms with E-state index in [9.17, 15) is 4.79 Å². The molecule has 1 aliphatic rings. The fourth-order valence-corrected chi connectivity index (χ4v) is 3.82. The minimum atomic E-state index is -1.46. The van der Waals surface area contributed by atoms with Gasteiger partial charge in [0.05, 0.1) is 33.1 Å². The van der Waals surface area contributed by atoms with Crippen LogP contribution in [0.4, 0.5) is 0 Å². The topological polar surface area (TPSA) is 35.5 Å². The van der Waals surface area contributed by atoms with E-state index in [1.165, 1.54) is 0 Å². The molecular formula is C12H20O3Si. The van der Waals surface area contributed by atoms with Crippen molar-refractivity contribution in [3.63, 3.8) is 0 Å². The second-order valence-electron chi connectivity index (χ2n) is 4.96. The average molecular weight is 240 g/mol. The van der Waals surface area contributed by atoms with Gasteiger partial charge in [0.15, 0.2) is 0 Å². The lowest BCUT2D eigenvalue weighted by atomic mass is 10.1. The van der Waals surface area contributed by atoms with Crippen LogP contribution in [0.3, 0.4) is 0 Å². The molecule has 1 rings (SSSR count). The molecule has 0 bridgehead atoms. The van der Waals surface area contributed by atoms with Crippen molar-refractivity contribution in [2.45, 2.75) is 32.1 Å². The fourth-order valence-electron chi connectivity index (χ4n) is 1.84. The molecule has 1 heterocycles. The van der Waals surface area contributed by atoms with Gasteiger partial charge in [-0.15, -0.1) is 0 Å². The van der Waals surface area contributed by atoms with Crippen LogP contribution in [0.1, 0.15) is 6.92 Å². The van der Waals surface area contributed by atoms with Crippen LogP contribution in [-0.4, -0.2) is 20.7 Å². The minimum Gasteiger partial charge on any atom is -0.473 e. The Kier molecular flexibility index (Phi) is 4.35. The summed E-state index contributed by atoms with van der Waals surface area (Å²) in [7, 11) is -1.46. The summed E-state index contributed by atoms with van der Waals surface area (Å²) < 4.78 is 10.2. The third-order valence-corrected chi connectivity index (χ3v) is 5.23. The summed E-state index contributed by atoms with van der Waals surface area (Å²) in [5.41, 5.74) is 0.227. The lowest BCUT2D eigenvalue weighted by molar-refractivity contribution is -0.146. The highest BCUT2D eigenvalue weighted by molar-refractivity contribution is 6.78. The van der Waals surface area contributed by atoms with Crippen molar-refractivity contribution in [2.75, 3.05) is 6.61 Å². The molecule has 0 aromatic heterocycles. The molecule has 90 valence electrons. The summed E-state index contributed by atoms with van der Waals surface area (Å²) in [6, 6.07) is 0. The number of esters is 1. The highest BCUT2D eigenvalue weighted by Crippen LogP contribution is 2.34. The number of hydrogen-bond donors (Lipinski definition) is 0. The lowest BCUT2D eigenvalue weighted by Crippen LogP contribution is -2.35. The molecule has 0 saturated carbocycles. The van der Waals surface area contributed by atoms with E-state index in [-0.39, 0.29) is 17.4 Å². The first-order valence-electron chi connectivity index (χ1n) is 5.62. The van der Waals surface area contributed by atoms with Crippen LogP contribution in [-0.2, 0) is 14.3 Å². The first-order chi connectivity index (χ1) is 7.46. The first-order valence-corrected chi connectivity index (χ1v) is 9.20. The van der Waals surface area contributed by atoms with E-state index in [0.717, 1.165) is 0 Å². The van der Waals surface area contributed by atoms with Crippen molar-refractivity contribution in [2.24, 2.45) is 5.92 Å². The summed E-state index contributed by atoms with van der Waals surface area (Å²) in [6.45, 7) is 8.98. The zero-order valence-corrected chi connectivity index (χ0v) is 11.4. The van der Waals surface area contributed by atoms with Crippen molar-refractivity contribution in [3.05, 3.63) is 24.7 Å². The van der Waals surface area contributed by atoms with Crippen LogP contribution >= 0.6 is 0 Å². The van der Waals surface area contributed by atoms with Gasteiger partial charge in [-0.3, -0.25) is 4.79 Å². The molecule has 2 atom stereocenters. The zero-order chi connectivity index (χ0) is 12.2. The number of rotatable bonds is 3. The first kappa shape index (κ1) is 13.0. The molecule has 0 aromatic rings. The molecule has 0 unspecified atom stereocenters. The Morgan fingerprint density at radius 2 is 1.94 bits per heavy atom. The molecular weight excluding hydrogens is 220 g/mol. The number of ether oxygens (including phenoxy) is 2. The van der Waals surface area contributed by atoms with Crippen molar-refractivity contribution in [1.82, 2.24) is 0 Å². The highest BCUT2D eigenvalue weighted by Gasteiger charge is 2.36. The Labute approximate surface area is 98.1 Å². The van der Waals surface area contributed by atoms with E-state index >= 15 is 0 Å². The van der Waals surface area contributed by atoms with Crippen LogP contribution in [0.5, 0.6) is 0 Å². The molecule has 0 radical (unpaired) electrons. The molecule has 0 fully saturated rings. The van der Waals surface area contributed by atoms with Crippen LogP contribution < -0.4 is 0 Å². The Morgan fingerprint density at radius 3 is 2.50 bits per heavy atom. The molecule has 3 nitrogen and oxygen atoms in total. The molecule has 16 heavy (non-hydrogen) atoms. The van der Waals surface area contributed by atoms with E-state index in [0.29, 0.717) is 6.61 Å². The standard InChI is InChI=1S/C12H20O3Si/c1-5-15-12(13)10-6-8-14-9-7-11(10)16(2,3)4/h6-11H,5H2,1-4H3/t10-,11+/m1/s1. The largest absolute Gasteiger partial charge is 0.473 e. The molecule has 0 aromatic carbocycles. The molecule has 0 saturated heterocycles. The number of allylic oxidation sites excluding steroid dienone is 1. The van der Waals surface area contributed by atoms with Gasteiger partial charge in [-0.05, 0) is 24.6 Å². The zero-order valence-electron chi connectivity index (χ0n) is 10.4. The smallest absolute Gasteiger partial charge is 0.313 e. The summed E-state index contributed by atoms with van der Waals surface area (Å²) in [6.07, 6.45) is 7.03. The summed E-state index contributed by atoms with van der Waals surface area (Å²) in [4.78, 5) is 11.9. The van der Waals surface area contributed by atoms with Crippen molar-refractivity contribution in [1.29, 1.82) is 0 Å². The fraction of sp³-hybridized carbons (Fsp3) is 0.583. The number of hydrogen-bond acceptors (Lipinski definition) is 3. The molecule has 0 amide bonds. The summed E-state index contributed by atoms with van der Waals surface area (Å²) >= 11 is 0. The molecule has 1 aliphatic heterocycles. The average Bonchev–Trinajstić information content (AvgIpc) is 2.41. The predicted molar refractivity (Wildman–Crippen MR) is 66.6 cm³/mol. The van der Waals surface area contributed by atoms with Gasteiger partial charge < -0.3 is 9.47 Å². The lowest BCUT2D eigenvalue weighted by Gasteiger charge is -2.29. The Balaban J connectivity index is 2.92. The van der Waals surface area contributed by atoms with E-state index in [1.54, 1.807) is 18.6 Å². The van der Waals surface area contributed by atoms with Crippen molar-refractivity contribution in [3.8, 4) is 0 Å². The second kappa shape index (κ2) is 5.34. The van der Waals surface area contributed by atoms with Gasteiger partial charge in [0.25, 0.3) is 0 Å². The Bertz CT molecular complexity index is 302. The summed E-state index contributed by atoms with van der Waals surface area (Å²) in [5, 5.41) is 0. The van der Waals surface area contributed by atoms with E-state index in [1.807, 2.05) is 13.0 Å². The third-order valence-electron chi connectivity index (χ3n) is 2.67. The van der Waals surface area contributed by atoms with Gasteiger partial charge in [0.2, 0.25) is 0 Å². The van der Waals surface area contributed by atoms with Crippen LogP contribution in [0.2, 0.25) is 25.2 Å². The Morgan fingerprint density at radius 1 is 1.31 bits per heavy atom. The maximum Gasteiger partial charge on any atom is 0.313 e. The van der Waals surface area contributed by atoms with Gasteiger partial charge in [0, 0.05) is 0 Å². The quantitative estimate of drug-likeness (QED) is 0.562. The van der Waals surface area contributed by atoms with E-state index < -0.39 is 8.07 Å². The molecule has 0 spiro atoms. The van der Waals surface area contributed by atoms with Crippen LogP contribution in [0.25, 0.3) is 0 Å². The minimum absolute atomic E-state index is 0.152. The maximum absolute atomic E-state index is 11.9. The monoisotopic (exact) mass is 240 g/mol. The van der Waals surface area contributed by atoms with Gasteiger partial charge in [0.1, 0.15) is 0 Å². The molecule has 0 aliphatic carbocycles. The van der Waals surface area contributed by atoms with Crippen molar-refractivity contribution < 1.29 is 14.3 Å². The van der Waals surface area contributed by atoms with Gasteiger partial charge in [-0.2, -0.15) is 0 Å². The van der Waals surface area contributed by atoms with Crippen LogP contribution in [0.15, 0.2) is 24.7 Å². The van der Waals surface area contributed by atoms with Gasteiger partial charge in [-0.25, -0.2) is 0 Å². The normalized spacial score (nSPS) is 24.8. The van der Waals surface area contributed by atoms with E-state index in [4.69, 9.17) is 9.47 Å². The number of carbonyl (C=O) groups excluding carboxylic acids is 1. The Hall–Kier alpha value is -1.03. The van der Waals surface area contributed by atoms with Crippen LogP contribution in [0, 0.1) is 5.92 Å². The highest BCUT2D eigenvalue weighted by atomic mass is 28.3. The predicted octanol–water partition coefficient (Wildman–Crippen LogP) is 2.93. The number of carbonyl (C=O) groups is 1. The molecule has 0 N–H and O–H groups in total. The van der Waals surface area contributed by atoms with Gasteiger partial charge >= 0.3 is 5.97 Å². The van der Waals surface area contributed by atoms with Gasteiger partial charge in [-0.1, -0.05) is 19.6 Å². The SMILES string of the molecule is CCOC(=O)[C@@H]1C=COC=C[C@@H]1[Si](C)(C)C. The van der Waals surface area contributed by atoms with E-state index in [2.05, 4.69) is 19.6 Å². The maximum atomic E-state index is 11.9. The third kappa shape index (κ3) is 3.23. The van der Waals surface area contributed by atoms with Crippen molar-refractivity contribution >= 4 is 14.0 Å². The molecule has 4 heteroatoms. The second-order valence-corrected chi connectivity index (χ2v) is 10.4.